The van der Waals surface area contributed by atoms with Crippen LogP contribution in [0.4, 0.5) is 0 Å². The number of pyridine rings is 1. The number of thiophene rings is 1. The number of rotatable bonds is 6. The van der Waals surface area contributed by atoms with Crippen LogP contribution in [0, 0.1) is 0 Å². The summed E-state index contributed by atoms with van der Waals surface area (Å²) in [4.78, 5) is 41.5. The third-order valence-corrected chi connectivity index (χ3v) is 4.71. The van der Waals surface area contributed by atoms with Crippen molar-refractivity contribution in [1.29, 1.82) is 0 Å². The van der Waals surface area contributed by atoms with Gasteiger partial charge in [-0.1, -0.05) is 42.5 Å². The lowest BCUT2D eigenvalue weighted by Gasteiger charge is -2.18. The van der Waals surface area contributed by atoms with Gasteiger partial charge in [-0.15, -0.1) is 11.3 Å². The van der Waals surface area contributed by atoms with Crippen molar-refractivity contribution >= 4 is 29.1 Å². The van der Waals surface area contributed by atoms with Crippen molar-refractivity contribution in [2.24, 2.45) is 0 Å². The molecule has 3 amide bonds. The predicted molar refractivity (Wildman–Crippen MR) is 106 cm³/mol. The van der Waals surface area contributed by atoms with Crippen LogP contribution in [0.15, 0.2) is 72.2 Å². The number of hydrogen-bond acceptors (Lipinski definition) is 5. The van der Waals surface area contributed by atoms with Crippen LogP contribution in [0.1, 0.15) is 25.7 Å². The molecule has 0 saturated carbocycles. The molecule has 0 fully saturated rings. The monoisotopic (exact) mass is 394 g/mol. The van der Waals surface area contributed by atoms with Crippen molar-refractivity contribution < 1.29 is 14.4 Å². The van der Waals surface area contributed by atoms with Crippen LogP contribution in [-0.4, -0.2) is 28.7 Å². The average molecular weight is 394 g/mol. The standard InChI is InChI=1S/C20H18N4O3S/c25-18(15-9-4-5-11-21-15)23-24-19(26)16(13-14-7-2-1-3-8-14)22-20(27)17-10-6-12-28-17/h1-12,16H,13H2,(H,22,27)(H,23,25)(H,24,26)/t16-/m0/s1. The van der Waals surface area contributed by atoms with E-state index in [-0.39, 0.29) is 18.0 Å². The molecule has 1 atom stereocenters. The third-order valence-electron chi connectivity index (χ3n) is 3.85. The van der Waals surface area contributed by atoms with Gasteiger partial charge in [0.05, 0.1) is 4.88 Å². The molecule has 0 spiro atoms. The van der Waals surface area contributed by atoms with Crippen LogP contribution in [0.2, 0.25) is 0 Å². The largest absolute Gasteiger partial charge is 0.339 e. The summed E-state index contributed by atoms with van der Waals surface area (Å²) >= 11 is 1.28. The lowest BCUT2D eigenvalue weighted by Crippen LogP contribution is -2.53. The minimum absolute atomic E-state index is 0.171. The van der Waals surface area contributed by atoms with E-state index < -0.39 is 17.9 Å². The van der Waals surface area contributed by atoms with Crippen LogP contribution in [0.5, 0.6) is 0 Å². The minimum Gasteiger partial charge on any atom is -0.339 e. The molecule has 2 aromatic heterocycles. The highest BCUT2D eigenvalue weighted by molar-refractivity contribution is 7.12. The van der Waals surface area contributed by atoms with Gasteiger partial charge >= 0.3 is 0 Å². The van der Waals surface area contributed by atoms with Gasteiger partial charge in [-0.2, -0.15) is 0 Å². The second-order valence-corrected chi connectivity index (χ2v) is 6.80. The first-order valence-corrected chi connectivity index (χ1v) is 9.41. The van der Waals surface area contributed by atoms with Crippen LogP contribution in [-0.2, 0) is 11.2 Å². The van der Waals surface area contributed by atoms with E-state index in [0.717, 1.165) is 5.56 Å². The predicted octanol–water partition coefficient (Wildman–Crippen LogP) is 1.95. The van der Waals surface area contributed by atoms with E-state index in [1.165, 1.54) is 23.6 Å². The molecule has 0 saturated heterocycles. The Balaban J connectivity index is 1.67. The Kier molecular flexibility index (Phi) is 6.48. The Morgan fingerprint density at radius 1 is 0.893 bits per heavy atom. The quantitative estimate of drug-likeness (QED) is 0.556. The molecule has 0 aliphatic carbocycles. The van der Waals surface area contributed by atoms with E-state index >= 15 is 0 Å². The number of amides is 3. The van der Waals surface area contributed by atoms with E-state index in [4.69, 9.17) is 0 Å². The molecule has 0 bridgehead atoms. The lowest BCUT2D eigenvalue weighted by molar-refractivity contribution is -0.123. The first-order valence-electron chi connectivity index (χ1n) is 8.53. The fourth-order valence-electron chi connectivity index (χ4n) is 2.46. The smallest absolute Gasteiger partial charge is 0.288 e. The molecule has 0 aliphatic rings. The van der Waals surface area contributed by atoms with E-state index in [1.807, 2.05) is 30.3 Å². The van der Waals surface area contributed by atoms with E-state index in [9.17, 15) is 14.4 Å². The summed E-state index contributed by atoms with van der Waals surface area (Å²) in [6, 6.07) is 16.8. The molecule has 0 aliphatic heterocycles. The maximum Gasteiger partial charge on any atom is 0.288 e. The Bertz CT molecular complexity index is 931. The lowest BCUT2D eigenvalue weighted by atomic mass is 10.1. The second kappa shape index (κ2) is 9.43. The first-order chi connectivity index (χ1) is 13.6. The van der Waals surface area contributed by atoms with E-state index in [1.54, 1.807) is 29.6 Å². The SMILES string of the molecule is O=C(NNC(=O)[C@H](Cc1ccccc1)NC(=O)c1cccs1)c1ccccn1. The van der Waals surface area contributed by atoms with Crippen molar-refractivity contribution in [3.63, 3.8) is 0 Å². The van der Waals surface area contributed by atoms with Gasteiger partial charge in [0.1, 0.15) is 11.7 Å². The van der Waals surface area contributed by atoms with Gasteiger partial charge in [-0.05, 0) is 29.1 Å². The first kappa shape index (κ1) is 19.2. The number of benzene rings is 1. The summed E-state index contributed by atoms with van der Waals surface area (Å²) in [5.41, 5.74) is 5.74. The van der Waals surface area contributed by atoms with Gasteiger partial charge in [0.15, 0.2) is 0 Å². The second-order valence-electron chi connectivity index (χ2n) is 5.85. The highest BCUT2D eigenvalue weighted by Gasteiger charge is 2.23. The Morgan fingerprint density at radius 2 is 1.68 bits per heavy atom. The minimum atomic E-state index is -0.860. The third kappa shape index (κ3) is 5.24. The number of aromatic nitrogens is 1. The molecule has 0 unspecified atom stereocenters. The molecular formula is C20H18N4O3S. The summed E-state index contributed by atoms with van der Waals surface area (Å²) in [5, 5.41) is 4.51. The molecule has 3 aromatic rings. The molecule has 28 heavy (non-hydrogen) atoms. The summed E-state index contributed by atoms with van der Waals surface area (Å²) in [6.07, 6.45) is 1.76. The zero-order valence-corrected chi connectivity index (χ0v) is 15.6. The number of carbonyl (C=O) groups excluding carboxylic acids is 3. The number of nitrogens with zero attached hydrogens (tertiary/aromatic N) is 1. The summed E-state index contributed by atoms with van der Waals surface area (Å²) < 4.78 is 0. The van der Waals surface area contributed by atoms with Crippen LogP contribution >= 0.6 is 11.3 Å². The van der Waals surface area contributed by atoms with Crippen molar-refractivity contribution in [3.05, 3.63) is 88.4 Å². The highest BCUT2D eigenvalue weighted by atomic mass is 32.1. The van der Waals surface area contributed by atoms with Crippen molar-refractivity contribution in [2.45, 2.75) is 12.5 Å². The van der Waals surface area contributed by atoms with Crippen molar-refractivity contribution in [3.8, 4) is 0 Å². The molecule has 8 heteroatoms. The summed E-state index contributed by atoms with van der Waals surface area (Å²) in [5.74, 6) is -1.42. The van der Waals surface area contributed by atoms with Gasteiger partial charge in [0.2, 0.25) is 0 Å². The maximum atomic E-state index is 12.6. The zero-order valence-electron chi connectivity index (χ0n) is 14.8. The summed E-state index contributed by atoms with van der Waals surface area (Å²) in [6.45, 7) is 0. The van der Waals surface area contributed by atoms with Crippen LogP contribution in [0.25, 0.3) is 0 Å². The maximum absolute atomic E-state index is 12.6. The fourth-order valence-corrected chi connectivity index (χ4v) is 3.09. The fraction of sp³-hybridized carbons (Fsp3) is 0.100. The molecule has 7 nitrogen and oxygen atoms in total. The molecule has 2 heterocycles. The number of nitrogens with one attached hydrogen (secondary N) is 3. The molecule has 1 aromatic carbocycles. The number of hydrazine groups is 1. The van der Waals surface area contributed by atoms with Gasteiger partial charge in [0.25, 0.3) is 17.7 Å². The van der Waals surface area contributed by atoms with Crippen LogP contribution in [0.3, 0.4) is 0 Å². The van der Waals surface area contributed by atoms with Crippen LogP contribution < -0.4 is 16.2 Å². The van der Waals surface area contributed by atoms with Crippen molar-refractivity contribution in [2.75, 3.05) is 0 Å². The van der Waals surface area contributed by atoms with E-state index in [2.05, 4.69) is 21.2 Å². The Hall–Kier alpha value is -3.52. The van der Waals surface area contributed by atoms with Crippen molar-refractivity contribution in [1.82, 2.24) is 21.2 Å². The molecule has 3 N–H and O–H groups in total. The Labute approximate surface area is 165 Å². The highest BCUT2D eigenvalue weighted by Crippen LogP contribution is 2.10. The molecule has 0 radical (unpaired) electrons. The topological polar surface area (TPSA) is 100 Å². The number of carbonyl (C=O) groups is 3. The molecule has 142 valence electrons. The van der Waals surface area contributed by atoms with Gasteiger partial charge in [-0.25, -0.2) is 0 Å². The van der Waals surface area contributed by atoms with Gasteiger partial charge in [0, 0.05) is 12.6 Å². The molecule has 3 rings (SSSR count). The Morgan fingerprint density at radius 3 is 2.36 bits per heavy atom. The van der Waals surface area contributed by atoms with Gasteiger partial charge in [-0.3, -0.25) is 30.2 Å². The summed E-state index contributed by atoms with van der Waals surface area (Å²) in [7, 11) is 0. The van der Waals surface area contributed by atoms with E-state index in [0.29, 0.717) is 4.88 Å². The normalized spacial score (nSPS) is 11.3. The number of hydrogen-bond donors (Lipinski definition) is 3. The average Bonchev–Trinajstić information content (AvgIpc) is 3.28. The van der Waals surface area contributed by atoms with Gasteiger partial charge < -0.3 is 5.32 Å². The molecular weight excluding hydrogens is 376 g/mol. The zero-order chi connectivity index (χ0) is 19.8.